The molecule has 0 aliphatic rings. The molecular formula is C12H14INO2. The Bertz CT molecular complexity index is 336. The number of anilines is 1. The van der Waals surface area contributed by atoms with E-state index in [0.29, 0.717) is 17.3 Å². The van der Waals surface area contributed by atoms with Gasteiger partial charge in [-0.15, -0.1) is 0 Å². The molecule has 0 saturated heterocycles. The van der Waals surface area contributed by atoms with Gasteiger partial charge in [0.05, 0.1) is 4.43 Å². The number of hydrogen-bond donors (Lipinski definition) is 1. The van der Waals surface area contributed by atoms with E-state index < -0.39 is 0 Å². The van der Waals surface area contributed by atoms with E-state index in [0.717, 1.165) is 11.3 Å². The molecule has 0 fully saturated rings. The number of benzene rings is 1. The third-order valence-electron chi connectivity index (χ3n) is 2.15. The lowest BCUT2D eigenvalue weighted by Crippen LogP contribution is -2.12. The lowest BCUT2D eigenvalue weighted by molar-refractivity contribution is -0.118. The average Bonchev–Trinajstić information content (AvgIpc) is 2.31. The summed E-state index contributed by atoms with van der Waals surface area (Å²) in [7, 11) is 0. The second-order valence-electron chi connectivity index (χ2n) is 3.45. The highest BCUT2D eigenvalue weighted by Crippen LogP contribution is 2.11. The number of hydrogen-bond acceptors (Lipinski definition) is 2. The topological polar surface area (TPSA) is 46.2 Å². The second kappa shape index (κ2) is 6.62. The maximum absolute atomic E-state index is 11.2. The van der Waals surface area contributed by atoms with Gasteiger partial charge in [0.1, 0.15) is 5.78 Å². The number of Topliss-reactive ketones (excluding diaryl/α,β-unsaturated/α-hetero) is 1. The van der Waals surface area contributed by atoms with E-state index in [1.807, 2.05) is 53.8 Å². The number of carbonyl (C=O) groups excluding carboxylic acids is 2. The molecule has 0 aliphatic carbocycles. The van der Waals surface area contributed by atoms with Crippen LogP contribution < -0.4 is 5.32 Å². The summed E-state index contributed by atoms with van der Waals surface area (Å²) in [5.74, 6) is 0.210. The lowest BCUT2D eigenvalue weighted by Gasteiger charge is -2.04. The molecule has 3 nitrogen and oxygen atoms in total. The summed E-state index contributed by atoms with van der Waals surface area (Å²) in [6.07, 6.45) is 1.03. The zero-order chi connectivity index (χ0) is 12.0. The zero-order valence-electron chi connectivity index (χ0n) is 9.13. The number of rotatable bonds is 5. The van der Waals surface area contributed by atoms with Gasteiger partial charge >= 0.3 is 0 Å². The summed E-state index contributed by atoms with van der Waals surface area (Å²) in [5, 5.41) is 2.75. The quantitative estimate of drug-likeness (QED) is 0.666. The molecule has 4 heteroatoms. The molecule has 0 spiro atoms. The van der Waals surface area contributed by atoms with Crippen molar-refractivity contribution in [2.45, 2.75) is 19.8 Å². The van der Waals surface area contributed by atoms with Crippen LogP contribution in [0.5, 0.6) is 0 Å². The number of nitrogens with one attached hydrogen (secondary N) is 1. The van der Waals surface area contributed by atoms with E-state index in [1.165, 1.54) is 0 Å². The number of halogens is 1. The fourth-order valence-corrected chi connectivity index (χ4v) is 1.44. The monoisotopic (exact) mass is 331 g/mol. The Balaban J connectivity index is 2.60. The Morgan fingerprint density at radius 3 is 2.38 bits per heavy atom. The van der Waals surface area contributed by atoms with Crippen LogP contribution in [-0.2, 0) is 16.0 Å². The summed E-state index contributed by atoms with van der Waals surface area (Å²) in [5.41, 5.74) is 1.76. The zero-order valence-corrected chi connectivity index (χ0v) is 11.3. The Kier molecular flexibility index (Phi) is 5.45. The van der Waals surface area contributed by atoms with Gasteiger partial charge in [0.15, 0.2) is 0 Å². The van der Waals surface area contributed by atoms with Crippen molar-refractivity contribution >= 4 is 40.0 Å². The van der Waals surface area contributed by atoms with Gasteiger partial charge in [-0.25, -0.2) is 0 Å². The molecule has 86 valence electrons. The molecule has 0 atom stereocenters. The molecule has 1 aromatic rings. The highest BCUT2D eigenvalue weighted by atomic mass is 127. The van der Waals surface area contributed by atoms with Gasteiger partial charge in [-0.2, -0.15) is 0 Å². The van der Waals surface area contributed by atoms with Crippen LogP contribution >= 0.6 is 22.6 Å². The highest BCUT2D eigenvalue weighted by molar-refractivity contribution is 14.1. The largest absolute Gasteiger partial charge is 0.325 e. The van der Waals surface area contributed by atoms with Gasteiger partial charge in [0, 0.05) is 18.5 Å². The van der Waals surface area contributed by atoms with Crippen molar-refractivity contribution in [2.24, 2.45) is 0 Å². The fraction of sp³-hybridized carbons (Fsp3) is 0.333. The predicted molar refractivity (Wildman–Crippen MR) is 73.0 cm³/mol. The molecular weight excluding hydrogens is 317 g/mol. The molecule has 1 rings (SSSR count). The van der Waals surface area contributed by atoms with Crippen molar-refractivity contribution < 1.29 is 9.59 Å². The summed E-state index contributed by atoms with van der Waals surface area (Å²) < 4.78 is 0.438. The summed E-state index contributed by atoms with van der Waals surface area (Å²) >= 11 is 2.01. The minimum absolute atomic E-state index is 0.0158. The van der Waals surface area contributed by atoms with Crippen molar-refractivity contribution in [2.75, 3.05) is 9.74 Å². The maximum atomic E-state index is 11.2. The van der Waals surface area contributed by atoms with Crippen molar-refractivity contribution in [3.8, 4) is 0 Å². The summed E-state index contributed by atoms with van der Waals surface area (Å²) in [6, 6.07) is 7.39. The first-order valence-corrected chi connectivity index (χ1v) is 6.64. The van der Waals surface area contributed by atoms with Crippen LogP contribution in [0.1, 0.15) is 18.9 Å². The maximum Gasteiger partial charge on any atom is 0.234 e. The molecule has 0 saturated carbocycles. The average molecular weight is 331 g/mol. The van der Waals surface area contributed by atoms with Crippen LogP contribution in [0.3, 0.4) is 0 Å². The second-order valence-corrected chi connectivity index (χ2v) is 4.21. The Hall–Kier alpha value is -0.910. The highest BCUT2D eigenvalue weighted by Gasteiger charge is 2.02. The van der Waals surface area contributed by atoms with Gasteiger partial charge < -0.3 is 5.32 Å². The smallest absolute Gasteiger partial charge is 0.234 e. The molecule has 1 aromatic carbocycles. The van der Waals surface area contributed by atoms with E-state index in [1.54, 1.807) is 0 Å². The van der Waals surface area contributed by atoms with Crippen LogP contribution in [0.4, 0.5) is 5.69 Å². The van der Waals surface area contributed by atoms with Crippen molar-refractivity contribution in [1.82, 2.24) is 0 Å². The molecule has 0 aliphatic heterocycles. The van der Waals surface area contributed by atoms with Crippen LogP contribution in [0, 0.1) is 0 Å². The third kappa shape index (κ3) is 4.30. The first-order valence-electron chi connectivity index (χ1n) is 5.12. The Morgan fingerprint density at radius 1 is 1.25 bits per heavy atom. The molecule has 0 unspecified atom stereocenters. The molecule has 1 N–H and O–H groups in total. The lowest BCUT2D eigenvalue weighted by atomic mass is 10.1. The van der Waals surface area contributed by atoms with Crippen molar-refractivity contribution in [1.29, 1.82) is 0 Å². The van der Waals surface area contributed by atoms with Crippen molar-refractivity contribution in [3.63, 3.8) is 0 Å². The number of alkyl halides is 1. The minimum Gasteiger partial charge on any atom is -0.325 e. The minimum atomic E-state index is -0.0158. The Labute approximate surface area is 109 Å². The number of amides is 1. The predicted octanol–water partition coefficient (Wildman–Crippen LogP) is 2.58. The SMILES string of the molecule is CCC(=O)Cc1ccc(NC(=O)CI)cc1. The van der Waals surface area contributed by atoms with Gasteiger partial charge in [-0.3, -0.25) is 9.59 Å². The van der Waals surface area contributed by atoms with E-state index in [4.69, 9.17) is 0 Å². The van der Waals surface area contributed by atoms with E-state index in [-0.39, 0.29) is 11.7 Å². The van der Waals surface area contributed by atoms with Crippen LogP contribution in [0.15, 0.2) is 24.3 Å². The van der Waals surface area contributed by atoms with Crippen LogP contribution in [0.2, 0.25) is 0 Å². The van der Waals surface area contributed by atoms with E-state index in [2.05, 4.69) is 5.32 Å². The molecule has 1 amide bonds. The van der Waals surface area contributed by atoms with Gasteiger partial charge in [-0.05, 0) is 17.7 Å². The first kappa shape index (κ1) is 13.2. The first-order chi connectivity index (χ1) is 7.65. The number of carbonyl (C=O) groups is 2. The van der Waals surface area contributed by atoms with Gasteiger partial charge in [-0.1, -0.05) is 41.6 Å². The molecule has 0 bridgehead atoms. The summed E-state index contributed by atoms with van der Waals surface area (Å²) in [6.45, 7) is 1.86. The van der Waals surface area contributed by atoms with E-state index >= 15 is 0 Å². The molecule has 0 heterocycles. The van der Waals surface area contributed by atoms with Gasteiger partial charge in [0.25, 0.3) is 0 Å². The Morgan fingerprint density at radius 2 is 1.88 bits per heavy atom. The molecule has 0 radical (unpaired) electrons. The van der Waals surface area contributed by atoms with Crippen LogP contribution in [0.25, 0.3) is 0 Å². The normalized spacial score (nSPS) is 9.88. The van der Waals surface area contributed by atoms with Crippen molar-refractivity contribution in [3.05, 3.63) is 29.8 Å². The fourth-order valence-electron chi connectivity index (χ4n) is 1.25. The molecule has 0 aromatic heterocycles. The summed E-state index contributed by atoms with van der Waals surface area (Å²) in [4.78, 5) is 22.3. The standard InChI is InChI=1S/C12H14INO2/c1-2-11(15)7-9-3-5-10(6-4-9)14-12(16)8-13/h3-6H,2,7-8H2,1H3,(H,14,16). The third-order valence-corrected chi connectivity index (χ3v) is 2.85. The number of ketones is 1. The van der Waals surface area contributed by atoms with Gasteiger partial charge in [0.2, 0.25) is 5.91 Å². The van der Waals surface area contributed by atoms with E-state index in [9.17, 15) is 9.59 Å². The van der Waals surface area contributed by atoms with Crippen LogP contribution in [-0.4, -0.2) is 16.1 Å². The molecule has 16 heavy (non-hydrogen) atoms.